The van der Waals surface area contributed by atoms with Crippen molar-refractivity contribution in [2.24, 2.45) is 4.76 Å². The Hall–Kier alpha value is -0.140. The molecule has 6 heavy (non-hydrogen) atoms. The molecule has 0 aromatic heterocycles. The average Bonchev–Trinajstić information content (AvgIpc) is 1.35. The quantitative estimate of drug-likeness (QED) is 0.391. The zero-order valence-corrected chi connectivity index (χ0v) is 4.38. The maximum Gasteiger partial charge on any atom is 0.300 e. The van der Waals surface area contributed by atoms with Gasteiger partial charge in [0.2, 0.25) is 0 Å². The molecule has 0 aromatic carbocycles. The van der Waals surface area contributed by atoms with Gasteiger partial charge in [-0.1, -0.05) is 0 Å². The second-order valence-corrected chi connectivity index (χ2v) is 1.49. The smallest absolute Gasteiger partial charge is 0.300 e. The van der Waals surface area contributed by atoms with E-state index in [-0.39, 0.29) is 0 Å². The minimum atomic E-state index is -2.57. The van der Waals surface area contributed by atoms with E-state index in [2.05, 4.69) is 4.76 Å². The van der Waals surface area contributed by atoms with Crippen LogP contribution in [0.5, 0.6) is 0 Å². The lowest BCUT2D eigenvalue weighted by Crippen LogP contribution is -1.50. The summed E-state index contributed by atoms with van der Waals surface area (Å²) in [7, 11) is -2.57. The second kappa shape index (κ2) is 3.07. The molecule has 4 heteroatoms. The lowest BCUT2D eigenvalue weighted by Gasteiger charge is -1.71. The van der Waals surface area contributed by atoms with Crippen LogP contribution in [0, 0.1) is 0 Å². The van der Waals surface area contributed by atoms with E-state index in [1.54, 1.807) is 6.92 Å². The normalized spacial score (nSPS) is 15.7. The van der Waals surface area contributed by atoms with E-state index in [9.17, 15) is 4.57 Å². The summed E-state index contributed by atoms with van der Waals surface area (Å²) >= 11 is 0. The summed E-state index contributed by atoms with van der Waals surface area (Å²) in [5, 5.41) is 0. The molecule has 0 saturated heterocycles. The zero-order valence-electron chi connectivity index (χ0n) is 3.38. The highest BCUT2D eigenvalue weighted by atomic mass is 31.1. The van der Waals surface area contributed by atoms with Gasteiger partial charge in [0.05, 0.1) is 0 Å². The molecule has 1 unspecified atom stereocenters. The first-order valence-corrected chi connectivity index (χ1v) is 2.79. The van der Waals surface area contributed by atoms with Crippen LogP contribution in [0.25, 0.3) is 0 Å². The Morgan fingerprint density at radius 3 is 2.50 bits per heavy atom. The molecule has 36 valence electrons. The van der Waals surface area contributed by atoms with Crippen LogP contribution in [-0.2, 0) is 4.57 Å². The van der Waals surface area contributed by atoms with Gasteiger partial charge in [0.1, 0.15) is 0 Å². The van der Waals surface area contributed by atoms with Gasteiger partial charge in [-0.05, 0) is 6.92 Å². The highest BCUT2D eigenvalue weighted by Crippen LogP contribution is 2.11. The van der Waals surface area contributed by atoms with E-state index in [0.717, 1.165) is 0 Å². The molecule has 1 atom stereocenters. The van der Waals surface area contributed by atoms with Crippen LogP contribution < -0.4 is 0 Å². The van der Waals surface area contributed by atoms with Crippen LogP contribution in [-0.4, -0.2) is 11.1 Å². The summed E-state index contributed by atoms with van der Waals surface area (Å²) in [5.41, 5.74) is 0. The SMILES string of the molecule is CC=N[PH](=O)O. The van der Waals surface area contributed by atoms with Crippen molar-refractivity contribution < 1.29 is 9.46 Å². The van der Waals surface area contributed by atoms with Crippen molar-refractivity contribution in [1.29, 1.82) is 0 Å². The molecule has 0 bridgehead atoms. The predicted octanol–water partition coefficient (Wildman–Crippen LogP) is 0.459. The molecule has 0 fully saturated rings. The topological polar surface area (TPSA) is 49.7 Å². The van der Waals surface area contributed by atoms with Crippen molar-refractivity contribution in [1.82, 2.24) is 0 Å². The summed E-state index contributed by atoms with van der Waals surface area (Å²) < 4.78 is 12.7. The molecule has 0 aliphatic heterocycles. The van der Waals surface area contributed by atoms with Crippen molar-refractivity contribution in [3.8, 4) is 0 Å². The third-order valence-corrected chi connectivity index (χ3v) is 0.719. The fourth-order valence-corrected chi connectivity index (χ4v) is 0.331. The van der Waals surface area contributed by atoms with Gasteiger partial charge in [-0.2, -0.15) is 0 Å². The first-order chi connectivity index (χ1) is 2.77. The molecule has 0 spiro atoms. The van der Waals surface area contributed by atoms with E-state index in [4.69, 9.17) is 4.89 Å². The predicted molar refractivity (Wildman–Crippen MR) is 25.4 cm³/mol. The van der Waals surface area contributed by atoms with Crippen molar-refractivity contribution >= 4 is 14.4 Å². The molecule has 0 aliphatic carbocycles. The highest BCUT2D eigenvalue weighted by molar-refractivity contribution is 7.36. The molecule has 0 aromatic rings. The summed E-state index contributed by atoms with van der Waals surface area (Å²) in [5.74, 6) is 0. The van der Waals surface area contributed by atoms with Gasteiger partial charge in [-0.3, -0.25) is 4.57 Å². The fraction of sp³-hybridized carbons (Fsp3) is 0.500. The van der Waals surface area contributed by atoms with E-state index in [0.29, 0.717) is 0 Å². The minimum absolute atomic E-state index is 1.31. The Morgan fingerprint density at radius 2 is 2.50 bits per heavy atom. The van der Waals surface area contributed by atoms with Crippen LogP contribution in [0.1, 0.15) is 6.92 Å². The van der Waals surface area contributed by atoms with Gasteiger partial charge in [0.25, 0.3) is 8.18 Å². The Balaban J connectivity index is 3.30. The van der Waals surface area contributed by atoms with Crippen molar-refractivity contribution in [3.05, 3.63) is 0 Å². The molecule has 3 nitrogen and oxygen atoms in total. The van der Waals surface area contributed by atoms with E-state index in [1.165, 1.54) is 6.21 Å². The molecule has 0 amide bonds. The summed E-state index contributed by atoms with van der Waals surface area (Å²) in [6.07, 6.45) is 1.31. The number of hydrogen-bond acceptors (Lipinski definition) is 1. The summed E-state index contributed by atoms with van der Waals surface area (Å²) in [6, 6.07) is 0. The largest absolute Gasteiger partial charge is 0.330 e. The van der Waals surface area contributed by atoms with Gasteiger partial charge >= 0.3 is 0 Å². The van der Waals surface area contributed by atoms with Gasteiger partial charge < -0.3 is 4.89 Å². The Bertz CT molecular complexity index is 79.6. The second-order valence-electron chi connectivity index (χ2n) is 0.670. The van der Waals surface area contributed by atoms with Crippen LogP contribution in [0.3, 0.4) is 0 Å². The molecule has 0 aliphatic rings. The van der Waals surface area contributed by atoms with E-state index >= 15 is 0 Å². The average molecular weight is 107 g/mol. The molecule has 0 saturated carbocycles. The van der Waals surface area contributed by atoms with Crippen molar-refractivity contribution in [2.75, 3.05) is 0 Å². The summed E-state index contributed by atoms with van der Waals surface area (Å²) in [6.45, 7) is 1.60. The molecule has 0 radical (unpaired) electrons. The Morgan fingerprint density at radius 1 is 2.00 bits per heavy atom. The number of rotatable bonds is 1. The van der Waals surface area contributed by atoms with Gasteiger partial charge in [-0.25, -0.2) is 4.76 Å². The first kappa shape index (κ1) is 5.86. The van der Waals surface area contributed by atoms with E-state index in [1.807, 2.05) is 0 Å². The Kier molecular flexibility index (Phi) is 2.99. The molecule has 0 heterocycles. The lowest BCUT2D eigenvalue weighted by molar-refractivity contribution is 0.505. The minimum Gasteiger partial charge on any atom is -0.330 e. The molecular weight excluding hydrogens is 101 g/mol. The third-order valence-electron chi connectivity index (χ3n) is 0.240. The maximum absolute atomic E-state index is 9.59. The van der Waals surface area contributed by atoms with Crippen molar-refractivity contribution in [2.45, 2.75) is 6.92 Å². The first-order valence-electron chi connectivity index (χ1n) is 1.49. The highest BCUT2D eigenvalue weighted by Gasteiger charge is 1.71. The lowest BCUT2D eigenvalue weighted by atomic mass is 10.9. The maximum atomic E-state index is 9.59. The van der Waals surface area contributed by atoms with E-state index < -0.39 is 8.18 Å². The zero-order chi connectivity index (χ0) is 4.99. The van der Waals surface area contributed by atoms with Crippen LogP contribution >= 0.6 is 8.18 Å². The molecular formula is C2H6NO2P. The monoisotopic (exact) mass is 107 g/mol. The standard InChI is InChI=1S/C2H6NO2P/c1-2-3-6(4)5/h2,6H,1H3,(H,4,5). The molecule has 1 N–H and O–H groups in total. The number of nitrogens with zero attached hydrogens (tertiary/aromatic N) is 1. The van der Waals surface area contributed by atoms with Crippen molar-refractivity contribution in [3.63, 3.8) is 0 Å². The summed E-state index contributed by atoms with van der Waals surface area (Å²) in [4.78, 5) is 7.90. The van der Waals surface area contributed by atoms with Crippen LogP contribution in [0.15, 0.2) is 4.76 Å². The molecule has 0 rings (SSSR count). The van der Waals surface area contributed by atoms with Gasteiger partial charge in [0.15, 0.2) is 0 Å². The van der Waals surface area contributed by atoms with Crippen LogP contribution in [0.2, 0.25) is 0 Å². The van der Waals surface area contributed by atoms with Crippen LogP contribution in [0.4, 0.5) is 0 Å². The number of hydrogen-bond donors (Lipinski definition) is 1. The van der Waals surface area contributed by atoms with Gasteiger partial charge in [-0.15, -0.1) is 0 Å². The fourth-order valence-electron chi connectivity index (χ4n) is 0.110. The van der Waals surface area contributed by atoms with Gasteiger partial charge in [0, 0.05) is 6.21 Å². The third kappa shape index (κ3) is 3.86. The Labute approximate surface area is 36.6 Å².